The minimum Gasteiger partial charge on any atom is -0.268 e. The van der Waals surface area contributed by atoms with Gasteiger partial charge in [0.05, 0.1) is 6.21 Å². The number of halogens is 1. The predicted molar refractivity (Wildman–Crippen MR) is 87.4 cm³/mol. The van der Waals surface area contributed by atoms with Crippen LogP contribution in [0.15, 0.2) is 59.7 Å². The molecule has 0 heterocycles. The largest absolute Gasteiger partial charge is 0.268 e. The van der Waals surface area contributed by atoms with Crippen LogP contribution in [0.2, 0.25) is 5.02 Å². The highest BCUT2D eigenvalue weighted by Crippen LogP contribution is 2.12. The quantitative estimate of drug-likeness (QED) is 0.520. The van der Waals surface area contributed by atoms with E-state index in [1.54, 1.807) is 12.1 Å². The summed E-state index contributed by atoms with van der Waals surface area (Å²) < 4.78 is 0. The second-order valence-electron chi connectivity index (χ2n) is 4.50. The van der Waals surface area contributed by atoms with Crippen LogP contribution < -0.4 is 5.43 Å². The SMILES string of the molecule is Cc1ccc(/C=C/C(=O)N/N=C\c2ccccc2Cl)cc1. The van der Waals surface area contributed by atoms with Gasteiger partial charge < -0.3 is 0 Å². The molecule has 2 rings (SSSR count). The van der Waals surface area contributed by atoms with Crippen molar-refractivity contribution in [1.82, 2.24) is 5.43 Å². The zero-order valence-corrected chi connectivity index (χ0v) is 12.3. The summed E-state index contributed by atoms with van der Waals surface area (Å²) >= 11 is 5.98. The Kier molecular flexibility index (Phi) is 5.29. The van der Waals surface area contributed by atoms with Gasteiger partial charge in [-0.05, 0) is 24.6 Å². The van der Waals surface area contributed by atoms with Crippen LogP contribution in [0.3, 0.4) is 0 Å². The molecule has 0 fully saturated rings. The molecule has 0 aliphatic carbocycles. The van der Waals surface area contributed by atoms with Gasteiger partial charge in [-0.25, -0.2) is 5.43 Å². The lowest BCUT2D eigenvalue weighted by Gasteiger charge is -1.97. The first-order chi connectivity index (χ1) is 10.1. The highest BCUT2D eigenvalue weighted by atomic mass is 35.5. The Morgan fingerprint density at radius 2 is 1.86 bits per heavy atom. The molecule has 0 aromatic heterocycles. The van der Waals surface area contributed by atoms with Crippen molar-refractivity contribution in [2.24, 2.45) is 5.10 Å². The van der Waals surface area contributed by atoms with E-state index in [-0.39, 0.29) is 5.91 Å². The van der Waals surface area contributed by atoms with E-state index in [1.165, 1.54) is 17.9 Å². The molecular weight excluding hydrogens is 284 g/mol. The van der Waals surface area contributed by atoms with Crippen LogP contribution in [-0.2, 0) is 4.79 Å². The fourth-order valence-corrected chi connectivity index (χ4v) is 1.82. The average molecular weight is 299 g/mol. The molecule has 1 amide bonds. The van der Waals surface area contributed by atoms with Crippen LogP contribution in [0.5, 0.6) is 0 Å². The first-order valence-corrected chi connectivity index (χ1v) is 6.85. The lowest BCUT2D eigenvalue weighted by Crippen LogP contribution is -2.14. The molecular formula is C17H15ClN2O. The van der Waals surface area contributed by atoms with Gasteiger partial charge in [0.15, 0.2) is 0 Å². The number of aryl methyl sites for hydroxylation is 1. The number of amides is 1. The number of benzene rings is 2. The summed E-state index contributed by atoms with van der Waals surface area (Å²) in [6, 6.07) is 15.2. The zero-order valence-electron chi connectivity index (χ0n) is 11.6. The summed E-state index contributed by atoms with van der Waals surface area (Å²) in [5, 5.41) is 4.46. The van der Waals surface area contributed by atoms with Crippen LogP contribution >= 0.6 is 11.6 Å². The number of carbonyl (C=O) groups is 1. The van der Waals surface area contributed by atoms with E-state index in [0.717, 1.165) is 11.1 Å². The van der Waals surface area contributed by atoms with Gasteiger partial charge in [-0.15, -0.1) is 0 Å². The van der Waals surface area contributed by atoms with Crippen molar-refractivity contribution in [3.63, 3.8) is 0 Å². The van der Waals surface area contributed by atoms with Crippen LogP contribution in [0, 0.1) is 6.92 Å². The fraction of sp³-hybridized carbons (Fsp3) is 0.0588. The number of nitrogens with zero attached hydrogens (tertiary/aromatic N) is 1. The highest BCUT2D eigenvalue weighted by Gasteiger charge is 1.95. The second kappa shape index (κ2) is 7.41. The van der Waals surface area contributed by atoms with E-state index in [9.17, 15) is 4.79 Å². The maximum absolute atomic E-state index is 11.6. The maximum atomic E-state index is 11.6. The summed E-state index contributed by atoms with van der Waals surface area (Å²) in [5.74, 6) is -0.293. The number of rotatable bonds is 4. The Balaban J connectivity index is 1.90. The van der Waals surface area contributed by atoms with E-state index < -0.39 is 0 Å². The molecule has 0 atom stereocenters. The molecule has 106 valence electrons. The van der Waals surface area contributed by atoms with Crippen molar-refractivity contribution in [3.05, 3.63) is 76.3 Å². The Morgan fingerprint density at radius 1 is 1.14 bits per heavy atom. The van der Waals surface area contributed by atoms with E-state index in [1.807, 2.05) is 49.4 Å². The summed E-state index contributed by atoms with van der Waals surface area (Å²) in [4.78, 5) is 11.6. The monoisotopic (exact) mass is 298 g/mol. The van der Waals surface area contributed by atoms with E-state index >= 15 is 0 Å². The van der Waals surface area contributed by atoms with Crippen LogP contribution in [0.1, 0.15) is 16.7 Å². The Labute approximate surface area is 129 Å². The van der Waals surface area contributed by atoms with Gasteiger partial charge in [-0.3, -0.25) is 4.79 Å². The first-order valence-electron chi connectivity index (χ1n) is 6.47. The number of carbonyl (C=O) groups excluding carboxylic acids is 1. The number of hydrogen-bond donors (Lipinski definition) is 1. The van der Waals surface area contributed by atoms with Crippen LogP contribution in [0.25, 0.3) is 6.08 Å². The molecule has 0 radical (unpaired) electrons. The molecule has 0 spiro atoms. The second-order valence-corrected chi connectivity index (χ2v) is 4.91. The number of nitrogens with one attached hydrogen (secondary N) is 1. The zero-order chi connectivity index (χ0) is 15.1. The van der Waals surface area contributed by atoms with Gasteiger partial charge >= 0.3 is 0 Å². The van der Waals surface area contributed by atoms with Gasteiger partial charge in [0.25, 0.3) is 5.91 Å². The molecule has 4 heteroatoms. The lowest BCUT2D eigenvalue weighted by atomic mass is 10.1. The molecule has 3 nitrogen and oxygen atoms in total. The number of hydrazone groups is 1. The molecule has 2 aromatic rings. The van der Waals surface area contributed by atoms with E-state index in [0.29, 0.717) is 5.02 Å². The Bertz CT molecular complexity index is 675. The van der Waals surface area contributed by atoms with Gasteiger partial charge in [-0.1, -0.05) is 59.6 Å². The van der Waals surface area contributed by atoms with Gasteiger partial charge in [0.1, 0.15) is 0 Å². The lowest BCUT2D eigenvalue weighted by molar-refractivity contribution is -0.116. The highest BCUT2D eigenvalue weighted by molar-refractivity contribution is 6.33. The molecule has 1 N–H and O–H groups in total. The fourth-order valence-electron chi connectivity index (χ4n) is 1.63. The minimum atomic E-state index is -0.293. The van der Waals surface area contributed by atoms with Crippen molar-refractivity contribution < 1.29 is 4.79 Å². The third-order valence-corrected chi connectivity index (χ3v) is 3.13. The van der Waals surface area contributed by atoms with Crippen molar-refractivity contribution in [2.75, 3.05) is 0 Å². The van der Waals surface area contributed by atoms with Gasteiger partial charge in [-0.2, -0.15) is 5.10 Å². The smallest absolute Gasteiger partial charge is 0.264 e. The van der Waals surface area contributed by atoms with Crippen molar-refractivity contribution in [2.45, 2.75) is 6.92 Å². The third-order valence-electron chi connectivity index (χ3n) is 2.79. The van der Waals surface area contributed by atoms with Crippen molar-refractivity contribution in [1.29, 1.82) is 0 Å². The molecule has 0 saturated heterocycles. The first kappa shape index (κ1) is 15.0. The molecule has 21 heavy (non-hydrogen) atoms. The Hall–Kier alpha value is -2.39. The average Bonchev–Trinajstić information content (AvgIpc) is 2.49. The van der Waals surface area contributed by atoms with Gasteiger partial charge in [0.2, 0.25) is 0 Å². The van der Waals surface area contributed by atoms with Gasteiger partial charge in [0, 0.05) is 16.7 Å². The molecule has 0 aliphatic heterocycles. The maximum Gasteiger partial charge on any atom is 0.264 e. The molecule has 0 bridgehead atoms. The van der Waals surface area contributed by atoms with E-state index in [4.69, 9.17) is 11.6 Å². The summed E-state index contributed by atoms with van der Waals surface area (Å²) in [7, 11) is 0. The molecule has 0 unspecified atom stereocenters. The van der Waals surface area contributed by atoms with Crippen molar-refractivity contribution in [3.8, 4) is 0 Å². The van der Waals surface area contributed by atoms with Crippen LogP contribution in [-0.4, -0.2) is 12.1 Å². The Morgan fingerprint density at radius 3 is 2.57 bits per heavy atom. The van der Waals surface area contributed by atoms with Crippen LogP contribution in [0.4, 0.5) is 0 Å². The summed E-state index contributed by atoms with van der Waals surface area (Å²) in [5.41, 5.74) is 5.32. The molecule has 0 aliphatic rings. The normalized spacial score (nSPS) is 11.1. The van der Waals surface area contributed by atoms with Crippen molar-refractivity contribution >= 4 is 29.8 Å². The summed E-state index contributed by atoms with van der Waals surface area (Å²) in [6.45, 7) is 2.02. The van der Waals surface area contributed by atoms with E-state index in [2.05, 4.69) is 10.5 Å². The topological polar surface area (TPSA) is 41.5 Å². The predicted octanol–water partition coefficient (Wildman–Crippen LogP) is 3.81. The third kappa shape index (κ3) is 4.89. The standard InChI is InChI=1S/C17H15ClN2O/c1-13-6-8-14(9-7-13)10-11-17(21)20-19-12-15-4-2-3-5-16(15)18/h2-12H,1H3,(H,20,21)/b11-10+,19-12-. The minimum absolute atomic E-state index is 0.293. The molecule has 2 aromatic carbocycles. The number of hydrogen-bond acceptors (Lipinski definition) is 2. The summed E-state index contributed by atoms with van der Waals surface area (Å²) in [6.07, 6.45) is 4.69. The molecule has 0 saturated carbocycles.